The van der Waals surface area contributed by atoms with Crippen LogP contribution in [-0.4, -0.2) is 30.3 Å². The molecule has 0 spiro atoms. The number of rotatable bonds is 8. The molecule has 0 heterocycles. The molecule has 2 rings (SSSR count). The minimum atomic E-state index is -0.428. The Balaban J connectivity index is 2.12. The third kappa shape index (κ3) is 5.73. The molecule has 2 aromatic carbocycles. The van der Waals surface area contributed by atoms with Crippen LogP contribution in [0, 0.1) is 13.8 Å². The highest BCUT2D eigenvalue weighted by Crippen LogP contribution is 2.29. The zero-order valence-electron chi connectivity index (χ0n) is 17.4. The number of aromatic hydroxyl groups is 1. The van der Waals surface area contributed by atoms with Gasteiger partial charge in [-0.1, -0.05) is 26.0 Å². The number of ether oxygens (including phenoxy) is 2. The van der Waals surface area contributed by atoms with Gasteiger partial charge in [0.1, 0.15) is 17.6 Å². The summed E-state index contributed by atoms with van der Waals surface area (Å²) in [6, 6.07) is 9.66. The van der Waals surface area contributed by atoms with Gasteiger partial charge < -0.3 is 20.3 Å². The third-order valence-electron chi connectivity index (χ3n) is 4.79. The molecule has 0 aromatic heterocycles. The van der Waals surface area contributed by atoms with E-state index in [0.717, 1.165) is 28.7 Å². The molecule has 152 valence electrons. The first kappa shape index (κ1) is 21.8. The van der Waals surface area contributed by atoms with Crippen molar-refractivity contribution < 1.29 is 19.4 Å². The first-order valence-electron chi connectivity index (χ1n) is 9.65. The molecular weight excluding hydrogens is 354 g/mol. The maximum absolute atomic E-state index is 11.8. The van der Waals surface area contributed by atoms with Gasteiger partial charge in [-0.25, -0.2) is 4.79 Å². The molecule has 0 saturated heterocycles. The molecule has 0 aliphatic carbocycles. The summed E-state index contributed by atoms with van der Waals surface area (Å²) in [7, 11) is 0. The molecule has 1 atom stereocenters. The van der Waals surface area contributed by atoms with Gasteiger partial charge in [0.15, 0.2) is 6.61 Å². The number of aryl methyl sites for hydroxylation is 2. The average Bonchev–Trinajstić information content (AvgIpc) is 2.63. The predicted octanol–water partition coefficient (Wildman–Crippen LogP) is 3.99. The van der Waals surface area contributed by atoms with Gasteiger partial charge in [0, 0.05) is 6.54 Å². The van der Waals surface area contributed by atoms with E-state index in [1.165, 1.54) is 5.56 Å². The van der Waals surface area contributed by atoms with E-state index in [1.807, 2.05) is 32.0 Å². The summed E-state index contributed by atoms with van der Waals surface area (Å²) < 4.78 is 10.7. The van der Waals surface area contributed by atoms with Crippen LogP contribution in [0.25, 0.3) is 0 Å². The minimum absolute atomic E-state index is 0.141. The quantitative estimate of drug-likeness (QED) is 0.672. The predicted molar refractivity (Wildman–Crippen MR) is 111 cm³/mol. The molecule has 0 saturated carbocycles. The summed E-state index contributed by atoms with van der Waals surface area (Å²) in [5.41, 5.74) is 11.0. The second-order valence-electron chi connectivity index (χ2n) is 7.59. The number of carbonyl (C=O) groups is 1. The van der Waals surface area contributed by atoms with E-state index < -0.39 is 5.97 Å². The second kappa shape index (κ2) is 9.60. The van der Waals surface area contributed by atoms with E-state index in [4.69, 9.17) is 15.2 Å². The molecule has 0 aliphatic heterocycles. The van der Waals surface area contributed by atoms with E-state index in [9.17, 15) is 9.90 Å². The fraction of sp³-hybridized carbons (Fsp3) is 0.435. The molecule has 0 radical (unpaired) electrons. The standard InChI is InChI=1S/C23H31NO4/c1-14(2)20-10-18(6-7-22(20)25)11-21-15(3)8-19(9-16(21)4)27-13-23(26)28-17(5)12-24/h6-10,14,17,25H,11-13,24H2,1-5H3/t17-/m1/s1. The van der Waals surface area contributed by atoms with Crippen molar-refractivity contribution in [3.63, 3.8) is 0 Å². The number of phenolic OH excluding ortho intramolecular Hbond substituents is 1. The van der Waals surface area contributed by atoms with E-state index >= 15 is 0 Å². The number of hydrogen-bond donors (Lipinski definition) is 2. The lowest BCUT2D eigenvalue weighted by atomic mass is 9.93. The number of benzene rings is 2. The van der Waals surface area contributed by atoms with Crippen molar-refractivity contribution in [1.82, 2.24) is 0 Å². The third-order valence-corrected chi connectivity index (χ3v) is 4.79. The van der Waals surface area contributed by atoms with Gasteiger partial charge in [-0.15, -0.1) is 0 Å². The highest BCUT2D eigenvalue weighted by molar-refractivity contribution is 5.71. The first-order chi connectivity index (χ1) is 13.2. The highest BCUT2D eigenvalue weighted by atomic mass is 16.6. The number of hydrogen-bond acceptors (Lipinski definition) is 5. The zero-order valence-corrected chi connectivity index (χ0v) is 17.4. The van der Waals surface area contributed by atoms with Crippen LogP contribution in [0.4, 0.5) is 0 Å². The number of phenols is 1. The summed E-state index contributed by atoms with van der Waals surface area (Å²) >= 11 is 0. The molecule has 2 aromatic rings. The Hall–Kier alpha value is -2.53. The maximum Gasteiger partial charge on any atom is 0.344 e. The summed E-state index contributed by atoms with van der Waals surface area (Å²) in [5, 5.41) is 10.0. The van der Waals surface area contributed by atoms with Crippen molar-refractivity contribution in [2.45, 2.75) is 53.1 Å². The molecular formula is C23H31NO4. The summed E-state index contributed by atoms with van der Waals surface area (Å²) in [5.74, 6) is 0.818. The SMILES string of the molecule is Cc1cc(OCC(=O)O[C@H](C)CN)cc(C)c1Cc1ccc(O)c(C(C)C)c1. The number of carbonyl (C=O) groups excluding carboxylic acids is 1. The molecule has 3 N–H and O–H groups in total. The Bertz CT molecular complexity index is 806. The van der Waals surface area contributed by atoms with Crippen molar-refractivity contribution in [2.24, 2.45) is 5.73 Å². The van der Waals surface area contributed by atoms with Crippen molar-refractivity contribution in [1.29, 1.82) is 0 Å². The monoisotopic (exact) mass is 385 g/mol. The minimum Gasteiger partial charge on any atom is -0.508 e. The lowest BCUT2D eigenvalue weighted by molar-refractivity contribution is -0.150. The number of esters is 1. The van der Waals surface area contributed by atoms with Crippen LogP contribution in [0.3, 0.4) is 0 Å². The normalized spacial score (nSPS) is 12.1. The topological polar surface area (TPSA) is 81.8 Å². The average molecular weight is 386 g/mol. The molecule has 0 unspecified atom stereocenters. The molecule has 28 heavy (non-hydrogen) atoms. The highest BCUT2D eigenvalue weighted by Gasteiger charge is 2.13. The van der Waals surface area contributed by atoms with Gasteiger partial charge in [-0.3, -0.25) is 0 Å². The molecule has 5 heteroatoms. The lowest BCUT2D eigenvalue weighted by Crippen LogP contribution is -2.26. The fourth-order valence-corrected chi connectivity index (χ4v) is 3.15. The smallest absolute Gasteiger partial charge is 0.344 e. The van der Waals surface area contributed by atoms with Crippen molar-refractivity contribution >= 4 is 5.97 Å². The van der Waals surface area contributed by atoms with Gasteiger partial charge in [0.05, 0.1) is 0 Å². The van der Waals surface area contributed by atoms with Gasteiger partial charge in [0.25, 0.3) is 0 Å². The van der Waals surface area contributed by atoms with E-state index in [-0.39, 0.29) is 25.2 Å². The van der Waals surface area contributed by atoms with Crippen LogP contribution in [0.15, 0.2) is 30.3 Å². The van der Waals surface area contributed by atoms with Crippen LogP contribution >= 0.6 is 0 Å². The van der Waals surface area contributed by atoms with Crippen molar-refractivity contribution in [3.05, 3.63) is 58.1 Å². The van der Waals surface area contributed by atoms with Crippen LogP contribution in [-0.2, 0) is 16.0 Å². The Kier molecular flexibility index (Phi) is 7.46. The van der Waals surface area contributed by atoms with Crippen molar-refractivity contribution in [2.75, 3.05) is 13.2 Å². The van der Waals surface area contributed by atoms with Gasteiger partial charge in [-0.2, -0.15) is 0 Å². The Morgan fingerprint density at radius 2 is 1.75 bits per heavy atom. The van der Waals surface area contributed by atoms with Crippen molar-refractivity contribution in [3.8, 4) is 11.5 Å². The van der Waals surface area contributed by atoms with Gasteiger partial charge >= 0.3 is 5.97 Å². The van der Waals surface area contributed by atoms with E-state index in [0.29, 0.717) is 11.5 Å². The molecule has 0 aliphatic rings. The molecule has 5 nitrogen and oxygen atoms in total. The Morgan fingerprint density at radius 3 is 2.32 bits per heavy atom. The number of nitrogens with two attached hydrogens (primary N) is 1. The first-order valence-corrected chi connectivity index (χ1v) is 9.65. The summed E-state index contributed by atoms with van der Waals surface area (Å²) in [6.45, 7) is 10.1. The van der Waals surface area contributed by atoms with E-state index in [1.54, 1.807) is 13.0 Å². The largest absolute Gasteiger partial charge is 0.508 e. The summed E-state index contributed by atoms with van der Waals surface area (Å²) in [6.07, 6.45) is 0.455. The lowest BCUT2D eigenvalue weighted by Gasteiger charge is -2.16. The Morgan fingerprint density at radius 1 is 1.11 bits per heavy atom. The second-order valence-corrected chi connectivity index (χ2v) is 7.59. The zero-order chi connectivity index (χ0) is 20.8. The van der Waals surface area contributed by atoms with Gasteiger partial charge in [-0.05, 0) is 79.1 Å². The molecule has 0 amide bonds. The van der Waals surface area contributed by atoms with E-state index in [2.05, 4.69) is 19.9 Å². The van der Waals surface area contributed by atoms with Crippen LogP contribution < -0.4 is 10.5 Å². The van der Waals surface area contributed by atoms with Gasteiger partial charge in [0.2, 0.25) is 0 Å². The van der Waals surface area contributed by atoms with Crippen LogP contribution in [0.1, 0.15) is 54.5 Å². The Labute approximate surface area is 167 Å². The molecule has 0 fully saturated rings. The fourth-order valence-electron chi connectivity index (χ4n) is 3.15. The maximum atomic E-state index is 11.8. The van der Waals surface area contributed by atoms with Crippen LogP contribution in [0.5, 0.6) is 11.5 Å². The molecule has 0 bridgehead atoms. The summed E-state index contributed by atoms with van der Waals surface area (Å²) in [4.78, 5) is 11.8. The van der Waals surface area contributed by atoms with Crippen LogP contribution in [0.2, 0.25) is 0 Å².